The molecule has 3 rings (SSSR count). The fourth-order valence-corrected chi connectivity index (χ4v) is 1.99. The Hall–Kier alpha value is -2.38. The molecule has 0 spiro atoms. The first-order valence-electron chi connectivity index (χ1n) is 7.12. The van der Waals surface area contributed by atoms with Gasteiger partial charge in [0.2, 0.25) is 5.95 Å². The van der Waals surface area contributed by atoms with Gasteiger partial charge in [0.25, 0.3) is 0 Å². The van der Waals surface area contributed by atoms with Gasteiger partial charge in [0.15, 0.2) is 5.69 Å². The lowest BCUT2D eigenvalue weighted by molar-refractivity contribution is -0.141. The van der Waals surface area contributed by atoms with Crippen LogP contribution < -0.4 is 10.6 Å². The molecule has 23 heavy (non-hydrogen) atoms. The fraction of sp³-hybridized carbons (Fsp3) is 0.333. The van der Waals surface area contributed by atoms with Gasteiger partial charge in [-0.1, -0.05) is 18.2 Å². The van der Waals surface area contributed by atoms with E-state index in [2.05, 4.69) is 20.6 Å². The molecule has 8 heteroatoms. The highest BCUT2D eigenvalue weighted by Gasteiger charge is 2.34. The molecule has 0 aliphatic heterocycles. The summed E-state index contributed by atoms with van der Waals surface area (Å²) < 4.78 is 52.3. The van der Waals surface area contributed by atoms with Gasteiger partial charge in [-0.15, -0.1) is 0 Å². The number of halogens is 4. The number of nitrogens with one attached hydrogen (secondary N) is 2. The van der Waals surface area contributed by atoms with E-state index in [4.69, 9.17) is 0 Å². The standard InChI is InChI=1S/C15H14F4N4/c16-11-4-2-1-3-9(11)8-20-13-7-12(15(17,18)19)22-14(23-13)21-10-5-6-10/h1-4,7,10H,5-6,8H2,(H2,20,21,22,23). The maximum atomic E-state index is 13.6. The summed E-state index contributed by atoms with van der Waals surface area (Å²) in [5, 5.41) is 5.56. The highest BCUT2D eigenvalue weighted by atomic mass is 19.4. The van der Waals surface area contributed by atoms with Crippen molar-refractivity contribution >= 4 is 11.8 Å². The first-order valence-corrected chi connectivity index (χ1v) is 7.12. The van der Waals surface area contributed by atoms with Crippen LogP contribution >= 0.6 is 0 Å². The normalized spacial score (nSPS) is 14.6. The van der Waals surface area contributed by atoms with Crippen LogP contribution in [0.5, 0.6) is 0 Å². The van der Waals surface area contributed by atoms with E-state index in [9.17, 15) is 17.6 Å². The van der Waals surface area contributed by atoms with Gasteiger partial charge in [0.1, 0.15) is 11.6 Å². The second-order valence-electron chi connectivity index (χ2n) is 5.32. The molecule has 1 aliphatic rings. The van der Waals surface area contributed by atoms with E-state index in [1.165, 1.54) is 6.07 Å². The molecule has 2 N–H and O–H groups in total. The minimum atomic E-state index is -4.57. The number of hydrogen-bond acceptors (Lipinski definition) is 4. The van der Waals surface area contributed by atoms with Crippen molar-refractivity contribution in [1.29, 1.82) is 0 Å². The summed E-state index contributed by atoms with van der Waals surface area (Å²) in [5.74, 6) is -0.501. The van der Waals surface area contributed by atoms with Crippen molar-refractivity contribution < 1.29 is 17.6 Å². The zero-order valence-corrected chi connectivity index (χ0v) is 12.0. The Bertz CT molecular complexity index is 698. The first kappa shape index (κ1) is 15.5. The number of benzene rings is 1. The monoisotopic (exact) mass is 326 g/mol. The van der Waals surface area contributed by atoms with Gasteiger partial charge in [-0.2, -0.15) is 18.2 Å². The molecule has 2 aromatic rings. The first-order chi connectivity index (χ1) is 10.9. The van der Waals surface area contributed by atoms with Gasteiger partial charge < -0.3 is 10.6 Å². The van der Waals surface area contributed by atoms with Gasteiger partial charge in [0, 0.05) is 24.2 Å². The molecule has 1 heterocycles. The molecule has 1 fully saturated rings. The van der Waals surface area contributed by atoms with Crippen LogP contribution in [0, 0.1) is 5.82 Å². The van der Waals surface area contributed by atoms with Crippen LogP contribution in [0.15, 0.2) is 30.3 Å². The van der Waals surface area contributed by atoms with Crippen LogP contribution in [0.25, 0.3) is 0 Å². The van der Waals surface area contributed by atoms with Gasteiger partial charge >= 0.3 is 6.18 Å². The molecule has 4 nitrogen and oxygen atoms in total. The van der Waals surface area contributed by atoms with Gasteiger partial charge in [0.05, 0.1) is 0 Å². The van der Waals surface area contributed by atoms with E-state index in [-0.39, 0.29) is 24.4 Å². The van der Waals surface area contributed by atoms with E-state index in [0.717, 1.165) is 18.9 Å². The minimum absolute atomic E-state index is 0.00118. The van der Waals surface area contributed by atoms with E-state index in [1.807, 2.05) is 0 Å². The van der Waals surface area contributed by atoms with Crippen LogP contribution in [-0.4, -0.2) is 16.0 Å². The molecule has 1 aromatic carbocycles. The average Bonchev–Trinajstić information content (AvgIpc) is 3.29. The lowest BCUT2D eigenvalue weighted by atomic mass is 10.2. The third kappa shape index (κ3) is 4.08. The number of hydrogen-bond donors (Lipinski definition) is 2. The molecule has 1 aliphatic carbocycles. The van der Waals surface area contributed by atoms with E-state index in [1.54, 1.807) is 18.2 Å². The van der Waals surface area contributed by atoms with Crippen LogP contribution in [0.2, 0.25) is 0 Å². The Labute approximate surface area is 130 Å². The highest BCUT2D eigenvalue weighted by molar-refractivity contribution is 5.44. The largest absolute Gasteiger partial charge is 0.433 e. The molecule has 0 atom stereocenters. The molecule has 0 radical (unpaired) electrons. The number of anilines is 2. The Balaban J connectivity index is 1.80. The molecular weight excluding hydrogens is 312 g/mol. The number of aromatic nitrogens is 2. The molecule has 0 unspecified atom stereocenters. The third-order valence-electron chi connectivity index (χ3n) is 3.34. The molecule has 0 bridgehead atoms. The number of rotatable bonds is 5. The second-order valence-corrected chi connectivity index (χ2v) is 5.32. The van der Waals surface area contributed by atoms with Crippen molar-refractivity contribution in [2.24, 2.45) is 0 Å². The Morgan fingerprint density at radius 3 is 2.52 bits per heavy atom. The van der Waals surface area contributed by atoms with Gasteiger partial charge in [-0.25, -0.2) is 9.37 Å². The van der Waals surface area contributed by atoms with E-state index in [0.29, 0.717) is 5.56 Å². The van der Waals surface area contributed by atoms with Crippen LogP contribution in [0.1, 0.15) is 24.1 Å². The SMILES string of the molecule is Fc1ccccc1CNc1cc(C(F)(F)F)nc(NC2CC2)n1. The molecule has 1 aromatic heterocycles. The Kier molecular flexibility index (Phi) is 4.06. The predicted octanol–water partition coefficient (Wildman–Crippen LogP) is 3.82. The van der Waals surface area contributed by atoms with Crippen molar-refractivity contribution in [3.05, 3.63) is 47.4 Å². The van der Waals surface area contributed by atoms with Crippen molar-refractivity contribution in [2.75, 3.05) is 10.6 Å². The maximum Gasteiger partial charge on any atom is 0.433 e. The second kappa shape index (κ2) is 6.02. The molecular formula is C15H14F4N4. The molecule has 0 saturated heterocycles. The maximum absolute atomic E-state index is 13.6. The average molecular weight is 326 g/mol. The van der Waals surface area contributed by atoms with Crippen LogP contribution in [0.3, 0.4) is 0 Å². The van der Waals surface area contributed by atoms with Crippen molar-refractivity contribution in [1.82, 2.24) is 9.97 Å². The quantitative estimate of drug-likeness (QED) is 0.820. The summed E-state index contributed by atoms with van der Waals surface area (Å²) >= 11 is 0. The summed E-state index contributed by atoms with van der Waals surface area (Å²) in [6, 6.07) is 6.98. The number of alkyl halides is 3. The Morgan fingerprint density at radius 2 is 1.87 bits per heavy atom. The van der Waals surface area contributed by atoms with Gasteiger partial charge in [-0.05, 0) is 18.9 Å². The lowest BCUT2D eigenvalue weighted by Crippen LogP contribution is -2.15. The number of nitrogens with zero attached hydrogens (tertiary/aromatic N) is 2. The fourth-order valence-electron chi connectivity index (χ4n) is 1.99. The minimum Gasteiger partial charge on any atom is -0.366 e. The predicted molar refractivity (Wildman–Crippen MR) is 77.4 cm³/mol. The van der Waals surface area contributed by atoms with E-state index < -0.39 is 17.7 Å². The summed E-state index contributed by atoms with van der Waals surface area (Å²) in [4.78, 5) is 7.51. The zero-order valence-electron chi connectivity index (χ0n) is 12.0. The summed E-state index contributed by atoms with van der Waals surface area (Å²) in [7, 11) is 0. The van der Waals surface area contributed by atoms with Crippen LogP contribution in [0.4, 0.5) is 29.3 Å². The van der Waals surface area contributed by atoms with E-state index >= 15 is 0 Å². The summed E-state index contributed by atoms with van der Waals surface area (Å²) in [5.41, 5.74) is -0.692. The smallest absolute Gasteiger partial charge is 0.366 e. The molecule has 122 valence electrons. The van der Waals surface area contributed by atoms with Crippen molar-refractivity contribution in [3.63, 3.8) is 0 Å². The zero-order chi connectivity index (χ0) is 16.4. The Morgan fingerprint density at radius 1 is 1.13 bits per heavy atom. The topological polar surface area (TPSA) is 49.8 Å². The lowest BCUT2D eigenvalue weighted by Gasteiger charge is -2.12. The van der Waals surface area contributed by atoms with Crippen LogP contribution in [-0.2, 0) is 12.7 Å². The molecule has 0 amide bonds. The summed E-state index contributed by atoms with van der Waals surface area (Å²) in [6.45, 7) is 0.0316. The van der Waals surface area contributed by atoms with Gasteiger partial charge in [-0.3, -0.25) is 0 Å². The molecule has 1 saturated carbocycles. The van der Waals surface area contributed by atoms with Crippen molar-refractivity contribution in [2.45, 2.75) is 31.6 Å². The van der Waals surface area contributed by atoms with Crippen molar-refractivity contribution in [3.8, 4) is 0 Å². The summed E-state index contributed by atoms with van der Waals surface area (Å²) in [6.07, 6.45) is -2.80. The third-order valence-corrected chi connectivity index (χ3v) is 3.34. The highest BCUT2D eigenvalue weighted by Crippen LogP contribution is 2.31.